The van der Waals surface area contributed by atoms with Gasteiger partial charge >= 0.3 is 0 Å². The van der Waals surface area contributed by atoms with E-state index in [0.717, 1.165) is 18.7 Å². The lowest BCUT2D eigenvalue weighted by atomic mass is 9.84. The molecule has 0 aromatic heterocycles. The molecule has 1 atom stereocenters. The van der Waals surface area contributed by atoms with Crippen LogP contribution in [0.5, 0.6) is 5.75 Å². The van der Waals surface area contributed by atoms with E-state index in [-0.39, 0.29) is 11.7 Å². The number of ketones is 1. The number of carbonyl (C=O) groups excluding carboxylic acids is 1. The van der Waals surface area contributed by atoms with E-state index in [0.29, 0.717) is 13.0 Å². The van der Waals surface area contributed by atoms with Crippen molar-refractivity contribution in [1.82, 2.24) is 5.32 Å². The maximum absolute atomic E-state index is 12.4. The number of nitrogens with one attached hydrogen (secondary N) is 1. The summed E-state index contributed by atoms with van der Waals surface area (Å²) >= 11 is 0. The number of Topliss-reactive ketones (excluding diaryl/α,β-unsaturated/α-hetero) is 1. The second-order valence-electron chi connectivity index (χ2n) is 5.65. The lowest BCUT2D eigenvalue weighted by Crippen LogP contribution is -2.47. The molecule has 2 rings (SSSR count). The molecule has 1 aliphatic heterocycles. The van der Waals surface area contributed by atoms with Crippen LogP contribution in [0, 0.1) is 0 Å². The van der Waals surface area contributed by atoms with Crippen LogP contribution in [0.25, 0.3) is 0 Å². The van der Waals surface area contributed by atoms with Crippen LogP contribution in [0.3, 0.4) is 0 Å². The molecule has 1 aromatic rings. The normalized spacial score (nSPS) is 18.6. The molecule has 3 nitrogen and oxygen atoms in total. The molecular weight excluding hydrogens is 238 g/mol. The van der Waals surface area contributed by atoms with Gasteiger partial charge in [0, 0.05) is 6.42 Å². The standard InChI is InChI=1S/C16H23NO2/c1-4-17-16(2,3)15(18)11-12-9-10-19-14-8-6-5-7-13(12)14/h5-8,12,17H,4,9-11H2,1-3H3. The fraction of sp³-hybridized carbons (Fsp3) is 0.562. The van der Waals surface area contributed by atoms with Gasteiger partial charge in [-0.2, -0.15) is 0 Å². The van der Waals surface area contributed by atoms with Gasteiger partial charge in [-0.05, 0) is 44.4 Å². The number of fused-ring (bicyclic) bond motifs is 1. The van der Waals surface area contributed by atoms with E-state index in [1.807, 2.05) is 39.0 Å². The minimum atomic E-state index is -0.442. The number of para-hydroxylation sites is 1. The Bertz CT molecular complexity index is 454. The summed E-state index contributed by atoms with van der Waals surface area (Å²) in [6.07, 6.45) is 1.51. The van der Waals surface area contributed by atoms with Gasteiger partial charge in [0.25, 0.3) is 0 Å². The molecule has 0 saturated carbocycles. The average molecular weight is 261 g/mol. The van der Waals surface area contributed by atoms with Gasteiger partial charge in [-0.15, -0.1) is 0 Å². The number of likely N-dealkylation sites (N-methyl/N-ethyl adjacent to an activating group) is 1. The van der Waals surface area contributed by atoms with Gasteiger partial charge in [-0.25, -0.2) is 0 Å². The fourth-order valence-electron chi connectivity index (χ4n) is 2.65. The van der Waals surface area contributed by atoms with Crippen LogP contribution >= 0.6 is 0 Å². The molecular formula is C16H23NO2. The summed E-state index contributed by atoms with van der Waals surface area (Å²) in [7, 11) is 0. The largest absolute Gasteiger partial charge is 0.493 e. The van der Waals surface area contributed by atoms with Crippen molar-refractivity contribution >= 4 is 5.78 Å². The van der Waals surface area contributed by atoms with Crippen molar-refractivity contribution in [2.45, 2.75) is 45.1 Å². The lowest BCUT2D eigenvalue weighted by molar-refractivity contribution is -0.124. The predicted octanol–water partition coefficient (Wildman–Crippen LogP) is 2.90. The zero-order valence-corrected chi connectivity index (χ0v) is 12.0. The summed E-state index contributed by atoms with van der Waals surface area (Å²) in [5.41, 5.74) is 0.733. The first-order valence-corrected chi connectivity index (χ1v) is 7.04. The molecule has 0 saturated heterocycles. The molecule has 19 heavy (non-hydrogen) atoms. The molecule has 0 radical (unpaired) electrons. The van der Waals surface area contributed by atoms with Crippen molar-refractivity contribution in [1.29, 1.82) is 0 Å². The first-order chi connectivity index (χ1) is 9.04. The summed E-state index contributed by atoms with van der Waals surface area (Å²) < 4.78 is 5.64. The number of rotatable bonds is 5. The zero-order valence-electron chi connectivity index (χ0n) is 12.0. The number of ether oxygens (including phenoxy) is 1. The van der Waals surface area contributed by atoms with Gasteiger partial charge in [-0.1, -0.05) is 25.1 Å². The predicted molar refractivity (Wildman–Crippen MR) is 76.7 cm³/mol. The summed E-state index contributed by atoms with van der Waals surface area (Å²) in [4.78, 5) is 12.4. The Balaban J connectivity index is 2.11. The summed E-state index contributed by atoms with van der Waals surface area (Å²) in [6.45, 7) is 7.46. The highest BCUT2D eigenvalue weighted by atomic mass is 16.5. The van der Waals surface area contributed by atoms with Gasteiger partial charge < -0.3 is 10.1 Å². The van der Waals surface area contributed by atoms with E-state index < -0.39 is 5.54 Å². The molecule has 0 amide bonds. The third kappa shape index (κ3) is 3.16. The van der Waals surface area contributed by atoms with Gasteiger partial charge in [0.05, 0.1) is 12.1 Å². The van der Waals surface area contributed by atoms with Crippen LogP contribution in [0.4, 0.5) is 0 Å². The molecule has 1 unspecified atom stereocenters. The molecule has 0 aliphatic carbocycles. The van der Waals surface area contributed by atoms with Gasteiger partial charge in [-0.3, -0.25) is 4.79 Å². The third-order valence-electron chi connectivity index (χ3n) is 3.83. The van der Waals surface area contributed by atoms with Crippen molar-refractivity contribution in [3.8, 4) is 5.75 Å². The molecule has 1 aromatic carbocycles. The van der Waals surface area contributed by atoms with E-state index in [2.05, 4.69) is 11.4 Å². The molecule has 104 valence electrons. The highest BCUT2D eigenvalue weighted by Gasteiger charge is 2.31. The minimum absolute atomic E-state index is 0.274. The molecule has 0 fully saturated rings. The highest BCUT2D eigenvalue weighted by Crippen LogP contribution is 2.36. The van der Waals surface area contributed by atoms with Gasteiger partial charge in [0.15, 0.2) is 5.78 Å². The van der Waals surface area contributed by atoms with Gasteiger partial charge in [0.2, 0.25) is 0 Å². The van der Waals surface area contributed by atoms with Gasteiger partial charge in [0.1, 0.15) is 5.75 Å². The van der Waals surface area contributed by atoms with Crippen LogP contribution in [-0.2, 0) is 4.79 Å². The van der Waals surface area contributed by atoms with Crippen LogP contribution in [-0.4, -0.2) is 24.5 Å². The molecule has 0 spiro atoms. The van der Waals surface area contributed by atoms with E-state index >= 15 is 0 Å². The second kappa shape index (κ2) is 5.74. The van der Waals surface area contributed by atoms with Crippen LogP contribution in [0.15, 0.2) is 24.3 Å². The Morgan fingerprint density at radius 1 is 1.42 bits per heavy atom. The van der Waals surface area contributed by atoms with Crippen molar-refractivity contribution in [3.63, 3.8) is 0 Å². The third-order valence-corrected chi connectivity index (χ3v) is 3.83. The molecule has 0 bridgehead atoms. The van der Waals surface area contributed by atoms with Crippen LogP contribution in [0.2, 0.25) is 0 Å². The summed E-state index contributed by atoms with van der Waals surface area (Å²) in [6, 6.07) is 8.06. The monoisotopic (exact) mass is 261 g/mol. The molecule has 1 N–H and O–H groups in total. The highest BCUT2D eigenvalue weighted by molar-refractivity contribution is 5.88. The quantitative estimate of drug-likeness (QED) is 0.885. The smallest absolute Gasteiger partial charge is 0.152 e. The first kappa shape index (κ1) is 14.1. The van der Waals surface area contributed by atoms with Crippen molar-refractivity contribution in [2.75, 3.05) is 13.2 Å². The maximum atomic E-state index is 12.4. The van der Waals surface area contributed by atoms with Crippen LogP contribution < -0.4 is 10.1 Å². The van der Waals surface area contributed by atoms with E-state index in [1.54, 1.807) is 0 Å². The SMILES string of the molecule is CCNC(C)(C)C(=O)CC1CCOc2ccccc21. The summed E-state index contributed by atoms with van der Waals surface area (Å²) in [5.74, 6) is 1.50. The average Bonchev–Trinajstić information content (AvgIpc) is 2.39. The Kier molecular flexibility index (Phi) is 4.25. The number of carbonyl (C=O) groups is 1. The molecule has 3 heteroatoms. The Labute approximate surface area is 115 Å². The molecule has 1 heterocycles. The lowest BCUT2D eigenvalue weighted by Gasteiger charge is -2.29. The van der Waals surface area contributed by atoms with Crippen molar-refractivity contribution < 1.29 is 9.53 Å². The minimum Gasteiger partial charge on any atom is -0.493 e. The topological polar surface area (TPSA) is 38.3 Å². The second-order valence-corrected chi connectivity index (χ2v) is 5.65. The number of hydrogen-bond donors (Lipinski definition) is 1. The Hall–Kier alpha value is -1.35. The first-order valence-electron chi connectivity index (χ1n) is 7.04. The van der Waals surface area contributed by atoms with E-state index in [9.17, 15) is 4.79 Å². The molecule has 1 aliphatic rings. The Morgan fingerprint density at radius 2 is 2.16 bits per heavy atom. The fourth-order valence-corrected chi connectivity index (χ4v) is 2.65. The van der Waals surface area contributed by atoms with E-state index in [1.165, 1.54) is 5.56 Å². The number of benzene rings is 1. The van der Waals surface area contributed by atoms with Crippen molar-refractivity contribution in [3.05, 3.63) is 29.8 Å². The van der Waals surface area contributed by atoms with E-state index in [4.69, 9.17) is 4.74 Å². The Morgan fingerprint density at radius 3 is 2.89 bits per heavy atom. The zero-order chi connectivity index (χ0) is 13.9. The van der Waals surface area contributed by atoms with Crippen molar-refractivity contribution in [2.24, 2.45) is 0 Å². The summed E-state index contributed by atoms with van der Waals surface area (Å²) in [5, 5.41) is 3.25. The van der Waals surface area contributed by atoms with Crippen LogP contribution in [0.1, 0.15) is 45.1 Å². The number of hydrogen-bond acceptors (Lipinski definition) is 3. The maximum Gasteiger partial charge on any atom is 0.152 e.